The van der Waals surface area contributed by atoms with Crippen molar-refractivity contribution in [2.75, 3.05) is 0 Å². The second kappa shape index (κ2) is 5.29. The zero-order valence-electron chi connectivity index (χ0n) is 10.0. The van der Waals surface area contributed by atoms with Crippen molar-refractivity contribution >= 4 is 5.78 Å². The predicted molar refractivity (Wildman–Crippen MR) is 66.7 cm³/mol. The molecule has 0 saturated heterocycles. The number of fused-ring (bicyclic) bond motifs is 1. The molecule has 0 aromatic heterocycles. The maximum Gasteiger partial charge on any atom is 0.140 e. The number of benzene rings is 1. The average molecular weight is 216 g/mol. The van der Waals surface area contributed by atoms with E-state index in [4.69, 9.17) is 0 Å². The lowest BCUT2D eigenvalue weighted by atomic mass is 9.87. The SMILES string of the molecule is CCCC(=O)C1CCCCc2ccccc21. The largest absolute Gasteiger partial charge is 0.299 e. The molecule has 0 radical (unpaired) electrons. The Hall–Kier alpha value is -1.11. The van der Waals surface area contributed by atoms with E-state index in [-0.39, 0.29) is 5.92 Å². The summed E-state index contributed by atoms with van der Waals surface area (Å²) in [5.41, 5.74) is 2.70. The maximum absolute atomic E-state index is 12.1. The van der Waals surface area contributed by atoms with Gasteiger partial charge in [0.2, 0.25) is 0 Å². The molecule has 0 amide bonds. The van der Waals surface area contributed by atoms with Crippen molar-refractivity contribution in [3.05, 3.63) is 35.4 Å². The minimum atomic E-state index is 0.179. The smallest absolute Gasteiger partial charge is 0.140 e. The molecule has 2 rings (SSSR count). The van der Waals surface area contributed by atoms with Crippen LogP contribution in [-0.2, 0) is 11.2 Å². The van der Waals surface area contributed by atoms with Gasteiger partial charge in [0.15, 0.2) is 0 Å². The van der Waals surface area contributed by atoms with Crippen molar-refractivity contribution < 1.29 is 4.79 Å². The number of carbonyl (C=O) groups excluding carboxylic acids is 1. The van der Waals surface area contributed by atoms with Crippen LogP contribution in [0.15, 0.2) is 24.3 Å². The Morgan fingerprint density at radius 3 is 2.94 bits per heavy atom. The van der Waals surface area contributed by atoms with E-state index in [1.54, 1.807) is 0 Å². The Labute approximate surface area is 97.9 Å². The van der Waals surface area contributed by atoms with Gasteiger partial charge in [-0.1, -0.05) is 37.6 Å². The minimum absolute atomic E-state index is 0.179. The summed E-state index contributed by atoms with van der Waals surface area (Å²) in [6.07, 6.45) is 6.32. The highest BCUT2D eigenvalue weighted by atomic mass is 16.1. The highest BCUT2D eigenvalue weighted by Gasteiger charge is 2.23. The first kappa shape index (κ1) is 11.4. The Morgan fingerprint density at radius 1 is 1.31 bits per heavy atom. The highest BCUT2D eigenvalue weighted by molar-refractivity contribution is 5.86. The first-order valence-corrected chi connectivity index (χ1v) is 6.43. The lowest BCUT2D eigenvalue weighted by molar-refractivity contribution is -0.120. The summed E-state index contributed by atoms with van der Waals surface area (Å²) in [6.45, 7) is 2.08. The first-order chi connectivity index (χ1) is 7.83. The number of rotatable bonds is 3. The van der Waals surface area contributed by atoms with Gasteiger partial charge in [0.25, 0.3) is 0 Å². The van der Waals surface area contributed by atoms with Crippen molar-refractivity contribution in [3.8, 4) is 0 Å². The summed E-state index contributed by atoms with van der Waals surface area (Å²) < 4.78 is 0. The molecule has 0 bridgehead atoms. The number of carbonyl (C=O) groups is 1. The van der Waals surface area contributed by atoms with Crippen molar-refractivity contribution in [3.63, 3.8) is 0 Å². The van der Waals surface area contributed by atoms with E-state index < -0.39 is 0 Å². The third-order valence-corrected chi connectivity index (χ3v) is 3.50. The van der Waals surface area contributed by atoms with E-state index in [0.29, 0.717) is 5.78 Å². The number of hydrogen-bond donors (Lipinski definition) is 0. The van der Waals surface area contributed by atoms with Crippen LogP contribution in [0, 0.1) is 0 Å². The zero-order valence-corrected chi connectivity index (χ0v) is 10.0. The summed E-state index contributed by atoms with van der Waals surface area (Å²) in [5, 5.41) is 0. The molecule has 1 aromatic carbocycles. The molecule has 1 aliphatic carbocycles. The lowest BCUT2D eigenvalue weighted by Gasteiger charge is -2.15. The molecule has 0 heterocycles. The van der Waals surface area contributed by atoms with Crippen LogP contribution < -0.4 is 0 Å². The standard InChI is InChI=1S/C15H20O/c1-2-7-15(16)14-11-6-4-9-12-8-3-5-10-13(12)14/h3,5,8,10,14H,2,4,6-7,9,11H2,1H3. The quantitative estimate of drug-likeness (QED) is 0.701. The Morgan fingerprint density at radius 2 is 2.12 bits per heavy atom. The molecule has 0 spiro atoms. The van der Waals surface area contributed by atoms with Crippen molar-refractivity contribution in [1.82, 2.24) is 0 Å². The van der Waals surface area contributed by atoms with Crippen LogP contribution in [0.3, 0.4) is 0 Å². The summed E-state index contributed by atoms with van der Waals surface area (Å²) >= 11 is 0. The van der Waals surface area contributed by atoms with Crippen molar-refractivity contribution in [2.45, 2.75) is 51.4 Å². The minimum Gasteiger partial charge on any atom is -0.299 e. The van der Waals surface area contributed by atoms with Gasteiger partial charge in [-0.25, -0.2) is 0 Å². The molecule has 0 N–H and O–H groups in total. The first-order valence-electron chi connectivity index (χ1n) is 6.43. The molecule has 1 unspecified atom stereocenters. The molecule has 1 nitrogen and oxygen atoms in total. The molecular weight excluding hydrogens is 196 g/mol. The molecule has 1 heteroatoms. The van der Waals surface area contributed by atoms with Crippen LogP contribution in [0.2, 0.25) is 0 Å². The number of ketones is 1. The fraction of sp³-hybridized carbons (Fsp3) is 0.533. The van der Waals surface area contributed by atoms with Gasteiger partial charge in [-0.15, -0.1) is 0 Å². The summed E-state index contributed by atoms with van der Waals surface area (Å²) in [7, 11) is 0. The Balaban J connectivity index is 2.28. The Kier molecular flexibility index (Phi) is 3.76. The van der Waals surface area contributed by atoms with E-state index in [1.165, 1.54) is 24.0 Å². The molecule has 0 aliphatic heterocycles. The van der Waals surface area contributed by atoms with E-state index in [2.05, 4.69) is 31.2 Å². The molecule has 0 saturated carbocycles. The van der Waals surface area contributed by atoms with Crippen molar-refractivity contribution in [1.29, 1.82) is 0 Å². The van der Waals surface area contributed by atoms with E-state index in [9.17, 15) is 4.79 Å². The molecule has 0 fully saturated rings. The molecule has 1 aliphatic rings. The van der Waals surface area contributed by atoms with Gasteiger partial charge in [-0.3, -0.25) is 4.79 Å². The molecule has 1 aromatic rings. The van der Waals surface area contributed by atoms with Gasteiger partial charge < -0.3 is 0 Å². The maximum atomic E-state index is 12.1. The lowest BCUT2D eigenvalue weighted by Crippen LogP contribution is -2.12. The van der Waals surface area contributed by atoms with Gasteiger partial charge in [0, 0.05) is 12.3 Å². The van der Waals surface area contributed by atoms with Crippen LogP contribution in [0.1, 0.15) is 56.1 Å². The van der Waals surface area contributed by atoms with Gasteiger partial charge in [-0.05, 0) is 36.8 Å². The van der Waals surface area contributed by atoms with Crippen LogP contribution in [-0.4, -0.2) is 5.78 Å². The molecule has 1 atom stereocenters. The van der Waals surface area contributed by atoms with Gasteiger partial charge in [0.05, 0.1) is 0 Å². The third kappa shape index (κ3) is 2.34. The number of Topliss-reactive ketones (excluding diaryl/α,β-unsaturated/α-hetero) is 1. The number of aryl methyl sites for hydroxylation is 1. The molecular formula is C15H20O. The summed E-state index contributed by atoms with van der Waals surface area (Å²) in [6, 6.07) is 8.49. The topological polar surface area (TPSA) is 17.1 Å². The number of hydrogen-bond acceptors (Lipinski definition) is 1. The predicted octanol–water partition coefficient (Wildman–Crippen LogP) is 3.87. The second-order valence-electron chi connectivity index (χ2n) is 4.71. The fourth-order valence-electron chi connectivity index (χ4n) is 2.68. The molecule has 16 heavy (non-hydrogen) atoms. The van der Waals surface area contributed by atoms with Crippen LogP contribution >= 0.6 is 0 Å². The van der Waals surface area contributed by atoms with E-state index in [1.807, 2.05) is 0 Å². The fourth-order valence-corrected chi connectivity index (χ4v) is 2.68. The Bertz CT molecular complexity index is 367. The second-order valence-corrected chi connectivity index (χ2v) is 4.71. The van der Waals surface area contributed by atoms with Gasteiger partial charge in [-0.2, -0.15) is 0 Å². The average Bonchev–Trinajstić information content (AvgIpc) is 2.51. The van der Waals surface area contributed by atoms with Gasteiger partial charge >= 0.3 is 0 Å². The third-order valence-electron chi connectivity index (χ3n) is 3.50. The normalized spacial score (nSPS) is 19.9. The summed E-state index contributed by atoms with van der Waals surface area (Å²) in [5.74, 6) is 0.621. The van der Waals surface area contributed by atoms with E-state index >= 15 is 0 Å². The van der Waals surface area contributed by atoms with E-state index in [0.717, 1.165) is 25.7 Å². The zero-order chi connectivity index (χ0) is 11.4. The van der Waals surface area contributed by atoms with Crippen LogP contribution in [0.25, 0.3) is 0 Å². The molecule has 86 valence electrons. The van der Waals surface area contributed by atoms with Crippen molar-refractivity contribution in [2.24, 2.45) is 0 Å². The van der Waals surface area contributed by atoms with Crippen LogP contribution in [0.4, 0.5) is 0 Å². The summed E-state index contributed by atoms with van der Waals surface area (Å²) in [4.78, 5) is 12.1. The highest BCUT2D eigenvalue weighted by Crippen LogP contribution is 2.31. The monoisotopic (exact) mass is 216 g/mol. The van der Waals surface area contributed by atoms with Crippen LogP contribution in [0.5, 0.6) is 0 Å². The van der Waals surface area contributed by atoms with Gasteiger partial charge in [0.1, 0.15) is 5.78 Å².